The van der Waals surface area contributed by atoms with Crippen LogP contribution in [0.25, 0.3) is 5.69 Å². The zero-order chi connectivity index (χ0) is 20.1. The molecule has 1 N–H and O–H groups in total. The van der Waals surface area contributed by atoms with Gasteiger partial charge in [0.1, 0.15) is 5.82 Å². The third-order valence-corrected chi connectivity index (χ3v) is 5.35. The second kappa shape index (κ2) is 9.26. The van der Waals surface area contributed by atoms with Gasteiger partial charge < -0.3 is 5.32 Å². The highest BCUT2D eigenvalue weighted by Crippen LogP contribution is 2.26. The molecule has 0 bridgehead atoms. The van der Waals surface area contributed by atoms with Crippen LogP contribution in [0.4, 0.5) is 0 Å². The van der Waals surface area contributed by atoms with Crippen molar-refractivity contribution in [2.75, 3.05) is 6.54 Å². The molecule has 7 heteroatoms. The minimum absolute atomic E-state index is 0.0378. The van der Waals surface area contributed by atoms with E-state index in [4.69, 9.17) is 11.6 Å². The first-order valence-electron chi connectivity index (χ1n) is 9.12. The number of carbonyl (C=O) groups is 1. The van der Waals surface area contributed by atoms with Gasteiger partial charge in [0.15, 0.2) is 5.16 Å². The molecule has 1 heterocycles. The Morgan fingerprint density at radius 3 is 2.61 bits per heavy atom. The molecule has 0 unspecified atom stereocenters. The predicted octanol–water partition coefficient (Wildman–Crippen LogP) is 4.91. The molecule has 0 fully saturated rings. The van der Waals surface area contributed by atoms with E-state index in [9.17, 15) is 4.79 Å². The second-order valence-electron chi connectivity index (χ2n) is 6.93. The van der Waals surface area contributed by atoms with Gasteiger partial charge >= 0.3 is 0 Å². The maximum Gasteiger partial charge on any atom is 0.251 e. The minimum Gasteiger partial charge on any atom is -0.352 e. The lowest BCUT2D eigenvalue weighted by molar-refractivity contribution is 0.0949. The van der Waals surface area contributed by atoms with E-state index in [1.54, 1.807) is 11.8 Å². The first-order valence-corrected chi connectivity index (χ1v) is 10.5. The molecule has 0 atom stereocenters. The summed E-state index contributed by atoms with van der Waals surface area (Å²) in [5.41, 5.74) is 2.73. The van der Waals surface area contributed by atoms with Gasteiger partial charge in [-0.2, -0.15) is 0 Å². The van der Waals surface area contributed by atoms with Gasteiger partial charge in [-0.25, -0.2) is 0 Å². The number of hydrogen-bond acceptors (Lipinski definition) is 4. The largest absolute Gasteiger partial charge is 0.352 e. The number of nitrogens with one attached hydrogen (secondary N) is 1. The van der Waals surface area contributed by atoms with Gasteiger partial charge in [-0.05, 0) is 48.7 Å². The molecule has 0 aliphatic rings. The van der Waals surface area contributed by atoms with Gasteiger partial charge in [-0.1, -0.05) is 55.4 Å². The van der Waals surface area contributed by atoms with Gasteiger partial charge in [0, 0.05) is 22.9 Å². The summed E-state index contributed by atoms with van der Waals surface area (Å²) in [6.07, 6.45) is 0. The van der Waals surface area contributed by atoms with Crippen LogP contribution in [0.2, 0.25) is 5.02 Å². The molecular formula is C21H23ClN4OS. The van der Waals surface area contributed by atoms with Gasteiger partial charge in [0.05, 0.1) is 5.69 Å². The maximum absolute atomic E-state index is 12.1. The van der Waals surface area contributed by atoms with Crippen LogP contribution in [0.15, 0.2) is 53.7 Å². The molecule has 146 valence electrons. The molecule has 3 aromatic rings. The number of amides is 1. The average Bonchev–Trinajstić information content (AvgIpc) is 3.05. The summed E-state index contributed by atoms with van der Waals surface area (Å²) in [6, 6.07) is 15.3. The quantitative estimate of drug-likeness (QED) is 0.558. The van der Waals surface area contributed by atoms with Crippen molar-refractivity contribution in [3.05, 3.63) is 70.5 Å². The molecule has 1 amide bonds. The van der Waals surface area contributed by atoms with Gasteiger partial charge in [-0.15, -0.1) is 10.2 Å². The van der Waals surface area contributed by atoms with E-state index in [2.05, 4.69) is 29.4 Å². The van der Waals surface area contributed by atoms with E-state index < -0.39 is 0 Å². The fourth-order valence-electron chi connectivity index (χ4n) is 2.65. The number of thioether (sulfide) groups is 1. The second-order valence-corrected chi connectivity index (χ2v) is 8.31. The van der Waals surface area contributed by atoms with Crippen molar-refractivity contribution < 1.29 is 4.79 Å². The molecule has 0 aliphatic heterocycles. The van der Waals surface area contributed by atoms with Crippen LogP contribution >= 0.6 is 23.4 Å². The minimum atomic E-state index is -0.0378. The number of halogens is 1. The number of carbonyl (C=O) groups excluding carboxylic acids is 1. The van der Waals surface area contributed by atoms with Crippen molar-refractivity contribution in [2.24, 2.45) is 5.92 Å². The number of hydrogen-bond donors (Lipinski definition) is 1. The summed E-state index contributed by atoms with van der Waals surface area (Å²) in [5.74, 6) is 1.93. The highest BCUT2D eigenvalue weighted by Gasteiger charge is 2.12. The molecular weight excluding hydrogens is 392 g/mol. The van der Waals surface area contributed by atoms with Crippen LogP contribution in [0.5, 0.6) is 0 Å². The first kappa shape index (κ1) is 20.4. The van der Waals surface area contributed by atoms with Crippen molar-refractivity contribution in [1.29, 1.82) is 0 Å². The molecule has 0 saturated carbocycles. The van der Waals surface area contributed by atoms with E-state index in [-0.39, 0.29) is 5.91 Å². The Hall–Kier alpha value is -2.31. The monoisotopic (exact) mass is 414 g/mol. The molecule has 5 nitrogen and oxygen atoms in total. The topological polar surface area (TPSA) is 59.8 Å². The fourth-order valence-corrected chi connectivity index (χ4v) is 3.79. The average molecular weight is 415 g/mol. The summed E-state index contributed by atoms with van der Waals surface area (Å²) >= 11 is 7.72. The van der Waals surface area contributed by atoms with E-state index in [0.717, 1.165) is 28.0 Å². The van der Waals surface area contributed by atoms with E-state index >= 15 is 0 Å². The Morgan fingerprint density at radius 1 is 1.18 bits per heavy atom. The van der Waals surface area contributed by atoms with Crippen LogP contribution in [0.3, 0.4) is 0 Å². The van der Waals surface area contributed by atoms with E-state index in [0.29, 0.717) is 23.0 Å². The first-order chi connectivity index (χ1) is 13.4. The van der Waals surface area contributed by atoms with Crippen LogP contribution in [0.1, 0.15) is 35.6 Å². The predicted molar refractivity (Wildman–Crippen MR) is 114 cm³/mol. The highest BCUT2D eigenvalue weighted by molar-refractivity contribution is 7.98. The molecule has 0 radical (unpaired) electrons. The smallest absolute Gasteiger partial charge is 0.251 e. The summed E-state index contributed by atoms with van der Waals surface area (Å²) in [7, 11) is 0. The van der Waals surface area contributed by atoms with E-state index in [1.807, 2.05) is 60.0 Å². The zero-order valence-electron chi connectivity index (χ0n) is 16.1. The molecule has 3 rings (SSSR count). The number of aryl methyl sites for hydroxylation is 1. The van der Waals surface area contributed by atoms with Crippen molar-refractivity contribution in [3.8, 4) is 5.69 Å². The molecule has 0 aliphatic carbocycles. The normalized spacial score (nSPS) is 11.0. The lowest BCUT2D eigenvalue weighted by atomic mass is 10.1. The SMILES string of the molecule is Cc1nnc(SCc2ccc(C(=O)NCC(C)C)cc2)n1-c1cccc(Cl)c1. The molecule has 28 heavy (non-hydrogen) atoms. The number of benzene rings is 2. The van der Waals surface area contributed by atoms with Crippen LogP contribution in [-0.2, 0) is 5.75 Å². The number of aromatic nitrogens is 3. The number of nitrogens with zero attached hydrogens (tertiary/aromatic N) is 3. The van der Waals surface area contributed by atoms with Gasteiger partial charge in [0.25, 0.3) is 5.91 Å². The van der Waals surface area contributed by atoms with Crippen molar-refractivity contribution in [2.45, 2.75) is 31.7 Å². The third kappa shape index (κ3) is 5.14. The Bertz CT molecular complexity index is 953. The number of rotatable bonds is 7. The van der Waals surface area contributed by atoms with Crippen LogP contribution < -0.4 is 5.32 Å². The standard InChI is InChI=1S/C21H23ClN4OS/c1-14(2)12-23-20(27)17-9-7-16(8-10-17)13-28-21-25-24-15(3)26(21)19-6-4-5-18(22)11-19/h4-11,14H,12-13H2,1-3H3,(H,23,27). The van der Waals surface area contributed by atoms with E-state index in [1.165, 1.54) is 0 Å². The summed E-state index contributed by atoms with van der Waals surface area (Å²) in [6.45, 7) is 6.74. The maximum atomic E-state index is 12.1. The zero-order valence-corrected chi connectivity index (χ0v) is 17.7. The van der Waals surface area contributed by atoms with Crippen molar-refractivity contribution >= 4 is 29.3 Å². The van der Waals surface area contributed by atoms with Crippen molar-refractivity contribution in [1.82, 2.24) is 20.1 Å². The molecule has 2 aromatic carbocycles. The lowest BCUT2D eigenvalue weighted by Crippen LogP contribution is -2.27. The Kier molecular flexibility index (Phi) is 6.75. The fraction of sp³-hybridized carbons (Fsp3) is 0.286. The molecule has 1 aromatic heterocycles. The van der Waals surface area contributed by atoms with Gasteiger partial charge in [0.2, 0.25) is 0 Å². The Morgan fingerprint density at radius 2 is 1.93 bits per heavy atom. The molecule has 0 saturated heterocycles. The lowest BCUT2D eigenvalue weighted by Gasteiger charge is -2.09. The Balaban J connectivity index is 1.68. The highest BCUT2D eigenvalue weighted by atomic mass is 35.5. The Labute approximate surface area is 174 Å². The summed E-state index contributed by atoms with van der Waals surface area (Å²) < 4.78 is 1.99. The van der Waals surface area contributed by atoms with Crippen LogP contribution in [0, 0.1) is 12.8 Å². The van der Waals surface area contributed by atoms with Gasteiger partial charge in [-0.3, -0.25) is 9.36 Å². The van der Waals surface area contributed by atoms with Crippen LogP contribution in [-0.4, -0.2) is 27.2 Å². The summed E-state index contributed by atoms with van der Waals surface area (Å²) in [4.78, 5) is 12.1. The van der Waals surface area contributed by atoms with Crippen molar-refractivity contribution in [3.63, 3.8) is 0 Å². The molecule has 0 spiro atoms. The summed E-state index contributed by atoms with van der Waals surface area (Å²) in [5, 5.41) is 12.9. The third-order valence-electron chi connectivity index (χ3n) is 4.12.